The third kappa shape index (κ3) is 5.28. The predicted molar refractivity (Wildman–Crippen MR) is 137 cm³/mol. The Bertz CT molecular complexity index is 1370. The molecule has 1 N–H and O–H groups in total. The number of aromatic nitrogens is 4. The largest absolute Gasteiger partial charge is 0.353 e. The van der Waals surface area contributed by atoms with E-state index >= 15 is 0 Å². The first-order valence-corrected chi connectivity index (χ1v) is 14.0. The molecule has 38 heavy (non-hydrogen) atoms. The molecule has 2 aromatic heterocycles. The van der Waals surface area contributed by atoms with E-state index in [2.05, 4.69) is 20.3 Å². The molecule has 2 aliphatic heterocycles. The van der Waals surface area contributed by atoms with E-state index in [0.29, 0.717) is 16.7 Å². The fourth-order valence-electron chi connectivity index (χ4n) is 4.56. The van der Waals surface area contributed by atoms with E-state index in [9.17, 15) is 9.36 Å². The standard InChI is InChI=1S/C25H30N5O7P/c1-5-33-38(32,34-6-2)13-12-17-19-20(37-25(3,4)36-19)24(35-17)30-15-28-18-21(26-14-27-22(18)30)29-23(31)16-10-8-7-9-11-16/h7-15,17,19-20,24H,5-6H2,1-4H3,(H,26,27,29,31)/b13-12+/t17-,19-,20-,24-/m1/s1. The number of hydrogen-bond donors (Lipinski definition) is 1. The number of carbonyl (C=O) groups is 1. The molecular weight excluding hydrogens is 513 g/mol. The summed E-state index contributed by atoms with van der Waals surface area (Å²) in [6.45, 7) is 7.60. The average molecular weight is 544 g/mol. The first-order valence-electron chi connectivity index (χ1n) is 12.4. The van der Waals surface area contributed by atoms with Crippen molar-refractivity contribution < 1.29 is 32.6 Å². The molecule has 0 saturated carbocycles. The van der Waals surface area contributed by atoms with Crippen LogP contribution in [0.5, 0.6) is 0 Å². The molecule has 0 aliphatic carbocycles. The van der Waals surface area contributed by atoms with Crippen LogP contribution in [0.3, 0.4) is 0 Å². The predicted octanol–water partition coefficient (Wildman–Crippen LogP) is 4.28. The normalized spacial score (nSPS) is 24.7. The smallest absolute Gasteiger partial charge is 0.345 e. The van der Waals surface area contributed by atoms with Gasteiger partial charge in [-0.15, -0.1) is 0 Å². The van der Waals surface area contributed by atoms with Gasteiger partial charge in [-0.05, 0) is 45.9 Å². The molecule has 202 valence electrons. The minimum absolute atomic E-state index is 0.234. The van der Waals surface area contributed by atoms with Crippen molar-refractivity contribution in [3.05, 3.63) is 60.4 Å². The van der Waals surface area contributed by atoms with Gasteiger partial charge < -0.3 is 28.6 Å². The molecule has 0 spiro atoms. The van der Waals surface area contributed by atoms with Gasteiger partial charge >= 0.3 is 7.60 Å². The van der Waals surface area contributed by atoms with E-state index in [4.69, 9.17) is 23.3 Å². The van der Waals surface area contributed by atoms with Gasteiger partial charge in [0.2, 0.25) is 0 Å². The van der Waals surface area contributed by atoms with Gasteiger partial charge in [0.25, 0.3) is 5.91 Å². The second-order valence-corrected chi connectivity index (χ2v) is 11.0. The van der Waals surface area contributed by atoms with E-state index in [1.165, 1.54) is 12.1 Å². The number of rotatable bonds is 9. The van der Waals surface area contributed by atoms with Gasteiger partial charge in [0.15, 0.2) is 29.0 Å². The molecule has 3 aromatic rings. The Balaban J connectivity index is 1.44. The van der Waals surface area contributed by atoms with Gasteiger partial charge in [0.05, 0.1) is 19.5 Å². The summed E-state index contributed by atoms with van der Waals surface area (Å²) >= 11 is 0. The number of imidazole rings is 1. The van der Waals surface area contributed by atoms with Crippen LogP contribution in [-0.4, -0.2) is 62.7 Å². The van der Waals surface area contributed by atoms with E-state index in [-0.39, 0.29) is 24.9 Å². The molecule has 0 bridgehead atoms. The Morgan fingerprint density at radius 3 is 2.53 bits per heavy atom. The highest BCUT2D eigenvalue weighted by atomic mass is 31.2. The van der Waals surface area contributed by atoms with Crippen molar-refractivity contribution in [1.82, 2.24) is 19.5 Å². The first kappa shape index (κ1) is 26.6. The van der Waals surface area contributed by atoms with Crippen LogP contribution in [0.1, 0.15) is 44.3 Å². The lowest BCUT2D eigenvalue weighted by molar-refractivity contribution is -0.191. The maximum absolute atomic E-state index is 13.0. The summed E-state index contributed by atoms with van der Waals surface area (Å²) in [6.07, 6.45) is 2.23. The molecular formula is C25H30N5O7P. The summed E-state index contributed by atoms with van der Waals surface area (Å²) in [4.78, 5) is 25.8. The Morgan fingerprint density at radius 1 is 1.11 bits per heavy atom. The van der Waals surface area contributed by atoms with Gasteiger partial charge in [-0.25, -0.2) is 15.0 Å². The lowest BCUT2D eigenvalue weighted by atomic mass is 10.1. The number of ether oxygens (including phenoxy) is 3. The maximum Gasteiger partial charge on any atom is 0.353 e. The number of amides is 1. The van der Waals surface area contributed by atoms with E-state index in [1.807, 2.05) is 19.9 Å². The van der Waals surface area contributed by atoms with Crippen LogP contribution in [0.4, 0.5) is 5.82 Å². The molecule has 12 nitrogen and oxygen atoms in total. The van der Waals surface area contributed by atoms with Crippen molar-refractivity contribution in [2.24, 2.45) is 0 Å². The van der Waals surface area contributed by atoms with Gasteiger partial charge in [0.1, 0.15) is 24.6 Å². The van der Waals surface area contributed by atoms with Crippen molar-refractivity contribution in [2.45, 2.75) is 58.0 Å². The van der Waals surface area contributed by atoms with Gasteiger partial charge in [-0.2, -0.15) is 0 Å². The summed E-state index contributed by atoms with van der Waals surface area (Å²) in [5, 5.41) is 2.80. The molecule has 5 rings (SSSR count). The Labute approximate surface area is 219 Å². The van der Waals surface area contributed by atoms with Crippen LogP contribution in [0.25, 0.3) is 11.2 Å². The average Bonchev–Trinajstić information content (AvgIpc) is 3.55. The van der Waals surface area contributed by atoms with Crippen molar-refractivity contribution >= 4 is 30.5 Å². The summed E-state index contributed by atoms with van der Waals surface area (Å²) < 4.78 is 44.1. The van der Waals surface area contributed by atoms with Crippen LogP contribution in [0.15, 0.2) is 54.9 Å². The SMILES string of the molecule is CCOP(=O)(/C=C/[C@H]1O[C@@H](n2cnc3c(NC(=O)c4ccccc4)ncnc32)[C@@H]2OC(C)(C)O[C@@H]21)OCC. The Morgan fingerprint density at radius 2 is 1.82 bits per heavy atom. The third-order valence-corrected chi connectivity index (χ3v) is 7.82. The van der Waals surface area contributed by atoms with E-state index < -0.39 is 37.9 Å². The summed E-state index contributed by atoms with van der Waals surface area (Å²) in [5.74, 6) is 0.494. The third-order valence-electron chi connectivity index (χ3n) is 6.04. The molecule has 2 saturated heterocycles. The number of nitrogens with one attached hydrogen (secondary N) is 1. The molecule has 2 aliphatic rings. The van der Waals surface area contributed by atoms with Crippen LogP contribution >= 0.6 is 7.60 Å². The van der Waals surface area contributed by atoms with Gasteiger partial charge in [0, 0.05) is 11.4 Å². The van der Waals surface area contributed by atoms with Crippen molar-refractivity contribution in [3.63, 3.8) is 0 Å². The van der Waals surface area contributed by atoms with E-state index in [0.717, 1.165) is 0 Å². The zero-order chi connectivity index (χ0) is 26.9. The lowest BCUT2D eigenvalue weighted by Gasteiger charge is -2.24. The topological polar surface area (TPSA) is 136 Å². The number of anilines is 1. The molecule has 0 radical (unpaired) electrons. The molecule has 4 atom stereocenters. The minimum atomic E-state index is -3.44. The lowest BCUT2D eigenvalue weighted by Crippen LogP contribution is -2.28. The molecule has 4 heterocycles. The molecule has 0 unspecified atom stereocenters. The number of nitrogens with zero attached hydrogens (tertiary/aromatic N) is 4. The second-order valence-electron chi connectivity index (χ2n) is 9.14. The zero-order valence-electron chi connectivity index (χ0n) is 21.5. The van der Waals surface area contributed by atoms with Crippen LogP contribution in [0.2, 0.25) is 0 Å². The van der Waals surface area contributed by atoms with Crippen LogP contribution < -0.4 is 5.32 Å². The minimum Gasteiger partial charge on any atom is -0.345 e. The van der Waals surface area contributed by atoms with Crippen LogP contribution in [-0.2, 0) is 27.8 Å². The fraction of sp³-hybridized carbons (Fsp3) is 0.440. The summed E-state index contributed by atoms with van der Waals surface area (Å²) in [6, 6.07) is 8.82. The highest BCUT2D eigenvalue weighted by Crippen LogP contribution is 2.51. The monoisotopic (exact) mass is 543 g/mol. The highest BCUT2D eigenvalue weighted by molar-refractivity contribution is 7.57. The van der Waals surface area contributed by atoms with Gasteiger partial charge in [-0.3, -0.25) is 13.9 Å². The molecule has 1 aromatic carbocycles. The van der Waals surface area contributed by atoms with Crippen molar-refractivity contribution in [2.75, 3.05) is 18.5 Å². The highest BCUT2D eigenvalue weighted by Gasteiger charge is 2.55. The van der Waals surface area contributed by atoms with Gasteiger partial charge in [-0.1, -0.05) is 18.2 Å². The molecule has 2 fully saturated rings. The van der Waals surface area contributed by atoms with Crippen LogP contribution in [0, 0.1) is 0 Å². The number of benzene rings is 1. The Kier molecular flexibility index (Phi) is 7.45. The maximum atomic E-state index is 13.0. The zero-order valence-corrected chi connectivity index (χ0v) is 22.4. The quantitative estimate of drug-likeness (QED) is 0.390. The van der Waals surface area contributed by atoms with Crippen molar-refractivity contribution in [3.8, 4) is 0 Å². The number of carbonyl (C=O) groups excluding carboxylic acids is 1. The Hall–Kier alpha value is -2.99. The second kappa shape index (κ2) is 10.6. The fourth-order valence-corrected chi connectivity index (χ4v) is 5.91. The van der Waals surface area contributed by atoms with E-state index in [1.54, 1.807) is 55.1 Å². The molecule has 1 amide bonds. The summed E-state index contributed by atoms with van der Waals surface area (Å²) in [7, 11) is -3.44. The first-order chi connectivity index (χ1) is 18.2. The number of fused-ring (bicyclic) bond motifs is 2. The number of hydrogen-bond acceptors (Lipinski definition) is 10. The van der Waals surface area contributed by atoms with Crippen molar-refractivity contribution in [1.29, 1.82) is 0 Å². The molecule has 13 heteroatoms. The summed E-state index contributed by atoms with van der Waals surface area (Å²) in [5.41, 5.74) is 1.33.